The third-order valence-electron chi connectivity index (χ3n) is 7.59. The van der Waals surface area contributed by atoms with E-state index in [1.807, 2.05) is 0 Å². The number of aliphatic hydroxyl groups excluding tert-OH is 1. The quantitative estimate of drug-likeness (QED) is 0.133. The first kappa shape index (κ1) is 29.5. The van der Waals surface area contributed by atoms with Gasteiger partial charge in [-0.3, -0.25) is 23.4 Å². The monoisotopic (exact) mass is 668 g/mol. The van der Waals surface area contributed by atoms with E-state index in [1.165, 1.54) is 28.1 Å². The van der Waals surface area contributed by atoms with Crippen molar-refractivity contribution in [2.24, 2.45) is 5.92 Å². The zero-order valence-electron chi connectivity index (χ0n) is 22.1. The summed E-state index contributed by atoms with van der Waals surface area (Å²) in [6, 6.07) is 0. The molecule has 7 rings (SSSR count). The second-order valence-corrected chi connectivity index (χ2v) is 13.8. The Balaban J connectivity index is 1.21. The van der Waals surface area contributed by atoms with E-state index in [2.05, 4.69) is 35.8 Å². The van der Waals surface area contributed by atoms with Gasteiger partial charge in [0.05, 0.1) is 19.3 Å². The number of terminal acetylenes is 1. The molecule has 3 fully saturated rings. The molecular formula is C22H23FN10O8P2S. The number of nitrogen functional groups attached to an aromatic ring is 2. The van der Waals surface area contributed by atoms with E-state index in [0.717, 1.165) is 0 Å². The maximum Gasteiger partial charge on any atom is 0.325 e. The molecule has 3 unspecified atom stereocenters. The average Bonchev–Trinajstić information content (AvgIpc) is 3.73. The highest BCUT2D eigenvalue weighted by atomic mass is 32.5. The summed E-state index contributed by atoms with van der Waals surface area (Å²) in [5.41, 5.74) is 9.78. The van der Waals surface area contributed by atoms with Gasteiger partial charge in [0, 0.05) is 14.7 Å². The van der Waals surface area contributed by atoms with Crippen LogP contribution in [-0.2, 0) is 34.9 Å². The minimum Gasteiger partial charge on any atom is -0.388 e. The van der Waals surface area contributed by atoms with Crippen molar-refractivity contribution >= 4 is 61.4 Å². The summed E-state index contributed by atoms with van der Waals surface area (Å²) < 4.78 is 47.7. The molecule has 22 heteroatoms. The highest BCUT2D eigenvalue weighted by Gasteiger charge is 2.57. The first-order valence-electron chi connectivity index (χ1n) is 12.8. The van der Waals surface area contributed by atoms with Crippen molar-refractivity contribution in [1.29, 1.82) is 0 Å². The highest BCUT2D eigenvalue weighted by molar-refractivity contribution is 8.07. The van der Waals surface area contributed by atoms with Crippen molar-refractivity contribution < 1.29 is 37.4 Å². The third-order valence-corrected chi connectivity index (χ3v) is 10.1. The Hall–Kier alpha value is -3.21. The Morgan fingerprint density at radius 1 is 1.20 bits per heavy atom. The van der Waals surface area contributed by atoms with Crippen LogP contribution in [0.15, 0.2) is 23.8 Å². The van der Waals surface area contributed by atoms with Gasteiger partial charge in [0.15, 0.2) is 53.1 Å². The van der Waals surface area contributed by atoms with Crippen LogP contribution >= 0.6 is 15.5 Å². The molecule has 0 saturated carbocycles. The molecule has 0 aromatic carbocycles. The fraction of sp³-hybridized carbons (Fsp3) is 0.455. The fourth-order valence-electron chi connectivity index (χ4n) is 5.47. The molecule has 44 heavy (non-hydrogen) atoms. The van der Waals surface area contributed by atoms with Crippen molar-refractivity contribution in [3.8, 4) is 12.3 Å². The number of nitrogens with one attached hydrogen (secondary N) is 1. The van der Waals surface area contributed by atoms with Crippen LogP contribution in [0.2, 0.25) is 0 Å². The fourth-order valence-corrected chi connectivity index (χ4v) is 8.07. The smallest absolute Gasteiger partial charge is 0.325 e. The number of aliphatic hydroxyl groups is 1. The van der Waals surface area contributed by atoms with Crippen LogP contribution in [0.5, 0.6) is 0 Å². The van der Waals surface area contributed by atoms with Crippen molar-refractivity contribution in [2.75, 3.05) is 24.2 Å². The van der Waals surface area contributed by atoms with Crippen molar-refractivity contribution in [3.05, 3.63) is 29.3 Å². The molecule has 0 aliphatic carbocycles. The van der Waals surface area contributed by atoms with Crippen molar-refractivity contribution in [1.82, 2.24) is 39.0 Å². The molecule has 2 bridgehead atoms. The summed E-state index contributed by atoms with van der Waals surface area (Å²) in [6.07, 6.45) is 0.959. The number of hydrogen-bond acceptors (Lipinski definition) is 15. The second kappa shape index (κ2) is 10.7. The number of halogens is 1. The van der Waals surface area contributed by atoms with Gasteiger partial charge in [-0.15, -0.1) is 6.42 Å². The highest BCUT2D eigenvalue weighted by Crippen LogP contribution is 2.54. The maximum atomic E-state index is 15.8. The first-order chi connectivity index (χ1) is 21.0. The SMILES string of the molecule is C#C[C@@]12COP(O)(=S)O[C@H]3[C@H](n4cnc5c(=O)[nH]c(N)nc54)OC(OPC[C@H]1[C@@H](O)[C@H](n1cnc4c(N)ncnc41)O2)[C@@H]3F. The molecule has 3 saturated heterocycles. The Morgan fingerprint density at radius 3 is 2.73 bits per heavy atom. The summed E-state index contributed by atoms with van der Waals surface area (Å²) in [7, 11) is -0.465. The number of aromatic amines is 1. The summed E-state index contributed by atoms with van der Waals surface area (Å²) in [5.74, 6) is 1.59. The van der Waals surface area contributed by atoms with Crippen LogP contribution in [0.4, 0.5) is 16.2 Å². The summed E-state index contributed by atoms with van der Waals surface area (Å²) in [5, 5.41) is 11.5. The number of ether oxygens (including phenoxy) is 2. The predicted molar refractivity (Wildman–Crippen MR) is 154 cm³/mol. The van der Waals surface area contributed by atoms with E-state index >= 15 is 4.39 Å². The normalized spacial score (nSPS) is 36.6. The van der Waals surface area contributed by atoms with E-state index in [4.69, 9.17) is 52.7 Å². The Bertz CT molecular complexity index is 1920. The molecular weight excluding hydrogens is 645 g/mol. The number of hydrogen-bond donors (Lipinski definition) is 5. The van der Waals surface area contributed by atoms with Gasteiger partial charge >= 0.3 is 6.72 Å². The molecule has 4 aromatic heterocycles. The van der Waals surface area contributed by atoms with Crippen LogP contribution in [0.25, 0.3) is 22.3 Å². The number of H-pyrrole nitrogens is 1. The van der Waals surface area contributed by atoms with E-state index in [0.29, 0.717) is 0 Å². The van der Waals surface area contributed by atoms with Gasteiger partial charge in [-0.05, 0) is 18.0 Å². The number of fused-ring (bicyclic) bond motifs is 5. The Morgan fingerprint density at radius 2 is 1.95 bits per heavy atom. The zero-order chi connectivity index (χ0) is 31.0. The molecule has 7 heterocycles. The van der Waals surface area contributed by atoms with Gasteiger partial charge in [0.2, 0.25) is 5.95 Å². The van der Waals surface area contributed by atoms with Crippen molar-refractivity contribution in [2.45, 2.75) is 42.7 Å². The van der Waals surface area contributed by atoms with E-state index < -0.39 is 76.3 Å². The lowest BCUT2D eigenvalue weighted by Crippen LogP contribution is -2.43. The van der Waals surface area contributed by atoms with E-state index in [9.17, 15) is 14.8 Å². The van der Waals surface area contributed by atoms with Crippen LogP contribution in [0.3, 0.4) is 0 Å². The molecule has 0 spiro atoms. The van der Waals surface area contributed by atoms with E-state index in [-0.39, 0.29) is 40.3 Å². The first-order valence-corrected chi connectivity index (χ1v) is 16.6. The lowest BCUT2D eigenvalue weighted by Gasteiger charge is -2.32. The topological polar surface area (TPSA) is 246 Å². The number of nitrogens with zero attached hydrogens (tertiary/aromatic N) is 7. The van der Waals surface area contributed by atoms with E-state index in [1.54, 1.807) is 0 Å². The molecule has 10 atom stereocenters. The number of anilines is 2. The second-order valence-electron chi connectivity index (χ2n) is 10.1. The summed E-state index contributed by atoms with van der Waals surface area (Å²) >= 11 is 5.25. The number of rotatable bonds is 2. The number of nitrogens with two attached hydrogens (primary N) is 2. The lowest BCUT2D eigenvalue weighted by atomic mass is 9.88. The molecule has 7 N–H and O–H groups in total. The molecule has 18 nitrogen and oxygen atoms in total. The van der Waals surface area contributed by atoms with Crippen LogP contribution in [0, 0.1) is 18.3 Å². The largest absolute Gasteiger partial charge is 0.388 e. The molecule has 232 valence electrons. The van der Waals surface area contributed by atoms with Gasteiger partial charge in [-0.2, -0.15) is 4.98 Å². The van der Waals surface area contributed by atoms with Crippen LogP contribution in [0.1, 0.15) is 12.5 Å². The molecule has 0 radical (unpaired) electrons. The van der Waals surface area contributed by atoms with Gasteiger partial charge in [-0.25, -0.2) is 24.3 Å². The number of aromatic nitrogens is 8. The molecule has 0 amide bonds. The van der Waals surface area contributed by atoms with Gasteiger partial charge in [0.25, 0.3) is 5.56 Å². The Labute approximate surface area is 252 Å². The Kier molecular flexibility index (Phi) is 7.18. The minimum absolute atomic E-state index is 0.0286. The standard InChI is InChI=1S/C22H23FN10O8P2S/c1-2-22-4-37-43(36,44)41-13-9(23)20(38-19(13)33-7-29-11-16(33)30-21(25)31-17(11)35)40-42-3-8(22)12(34)18(39-22)32-6-28-10-14(24)26-5-27-15(10)32/h1,5-9,12-13,18-20,34,42H,3-4H2,(H,36,44)(H2,24,26,27)(H3,25,30,31,35)/t8-,9+,12+,13+,18+,19+,20?,22+,43?/m0/s1. The summed E-state index contributed by atoms with van der Waals surface area (Å²) in [6.45, 7) is -4.83. The van der Waals surface area contributed by atoms with Crippen molar-refractivity contribution in [3.63, 3.8) is 0 Å². The van der Waals surface area contributed by atoms with Gasteiger partial charge in [-0.1, -0.05) is 5.92 Å². The number of alkyl halides is 1. The maximum absolute atomic E-state index is 15.8. The minimum atomic E-state index is -4.29. The van der Waals surface area contributed by atoms with Crippen LogP contribution in [-0.4, -0.2) is 92.1 Å². The van der Waals surface area contributed by atoms with Gasteiger partial charge in [0.1, 0.15) is 24.1 Å². The molecule has 3 aliphatic rings. The summed E-state index contributed by atoms with van der Waals surface area (Å²) in [4.78, 5) is 46.2. The average molecular weight is 669 g/mol. The lowest BCUT2D eigenvalue weighted by molar-refractivity contribution is -0.109. The third kappa shape index (κ3) is 4.68. The predicted octanol–water partition coefficient (Wildman–Crippen LogP) is -0.563. The van der Waals surface area contributed by atoms with Crippen LogP contribution < -0.4 is 17.0 Å². The number of imidazole rings is 2. The zero-order valence-corrected chi connectivity index (χ0v) is 24.8. The molecule has 3 aliphatic heterocycles. The van der Waals surface area contributed by atoms with Gasteiger partial charge < -0.3 is 40.0 Å². The molecule has 4 aromatic rings.